The van der Waals surface area contributed by atoms with Gasteiger partial charge in [-0.15, -0.1) is 0 Å². The smallest absolute Gasteiger partial charge is 0.270 e. The third-order valence-electron chi connectivity index (χ3n) is 7.18. The van der Waals surface area contributed by atoms with E-state index in [4.69, 9.17) is 9.47 Å². The Morgan fingerprint density at radius 2 is 1.74 bits per heavy atom. The van der Waals surface area contributed by atoms with Crippen molar-refractivity contribution in [1.82, 2.24) is 9.27 Å². The van der Waals surface area contributed by atoms with Crippen LogP contribution in [0.15, 0.2) is 60.7 Å². The molecule has 1 N–H and O–H groups in total. The Morgan fingerprint density at radius 3 is 2.38 bits per heavy atom. The van der Waals surface area contributed by atoms with E-state index < -0.39 is 10.9 Å². The predicted molar refractivity (Wildman–Crippen MR) is 152 cm³/mol. The van der Waals surface area contributed by atoms with Crippen molar-refractivity contribution in [1.29, 1.82) is 0 Å². The van der Waals surface area contributed by atoms with E-state index in [1.54, 1.807) is 0 Å². The first kappa shape index (κ1) is 26.7. The number of nitrogens with zero attached hydrogens (tertiary/aromatic N) is 2. The van der Waals surface area contributed by atoms with Crippen molar-refractivity contribution < 1.29 is 23.9 Å². The first-order valence-electron chi connectivity index (χ1n) is 13.1. The lowest BCUT2D eigenvalue weighted by Crippen LogP contribution is -2.29. The number of benzene rings is 3. The lowest BCUT2D eigenvalue weighted by atomic mass is 9.90. The minimum atomic E-state index is -1.58. The summed E-state index contributed by atoms with van der Waals surface area (Å²) in [5.41, 5.74) is 7.58. The number of carbonyl (C=O) groups is 1. The fourth-order valence-electron chi connectivity index (χ4n) is 5.15. The van der Waals surface area contributed by atoms with Crippen molar-refractivity contribution in [2.75, 3.05) is 19.7 Å². The number of aromatic hydroxyl groups is 1. The molecule has 3 aromatic carbocycles. The van der Waals surface area contributed by atoms with Gasteiger partial charge in [0, 0.05) is 22.9 Å². The normalized spacial score (nSPS) is 13.7. The highest BCUT2D eigenvalue weighted by Crippen LogP contribution is 2.36. The molecule has 1 aromatic heterocycles. The molecule has 5 rings (SSSR count). The van der Waals surface area contributed by atoms with Gasteiger partial charge in [0.1, 0.15) is 24.7 Å². The van der Waals surface area contributed by atoms with E-state index in [9.17, 15) is 14.5 Å². The molecule has 0 spiro atoms. The lowest BCUT2D eigenvalue weighted by Gasteiger charge is -2.19. The molecule has 1 saturated heterocycles. The summed E-state index contributed by atoms with van der Waals surface area (Å²) in [6.45, 7) is 8.65. The van der Waals surface area contributed by atoms with Gasteiger partial charge in [-0.25, -0.2) is 0 Å². The molecule has 1 aliphatic heterocycles. The van der Waals surface area contributed by atoms with Crippen LogP contribution in [0.25, 0.3) is 21.6 Å². The SMILES string of the molecule is Cc1cc(OCCN2CCCC2=O)cc(C)c1-c1cccc(COc2ccc(-c3cc(O)n[s+]3[O-])cc2)c1C. The van der Waals surface area contributed by atoms with Crippen LogP contribution >= 0.6 is 10.9 Å². The van der Waals surface area contributed by atoms with Crippen molar-refractivity contribution in [2.45, 2.75) is 40.2 Å². The summed E-state index contributed by atoms with van der Waals surface area (Å²) in [5, 5.41) is 9.49. The number of aromatic nitrogens is 1. The maximum absolute atomic E-state index is 12.0. The molecule has 202 valence electrons. The van der Waals surface area contributed by atoms with Crippen LogP contribution in [0.3, 0.4) is 0 Å². The van der Waals surface area contributed by atoms with Gasteiger partial charge < -0.3 is 24.0 Å². The predicted octanol–water partition coefficient (Wildman–Crippen LogP) is 6.35. The Labute approximate surface area is 231 Å². The number of ether oxygens (including phenoxy) is 2. The van der Waals surface area contributed by atoms with Gasteiger partial charge in [0.05, 0.1) is 23.6 Å². The Hall–Kier alpha value is -3.88. The summed E-state index contributed by atoms with van der Waals surface area (Å²) >= 11 is 0. The molecule has 39 heavy (non-hydrogen) atoms. The maximum atomic E-state index is 12.0. The van der Waals surface area contributed by atoms with Gasteiger partial charge in [0.2, 0.25) is 10.8 Å². The van der Waals surface area contributed by atoms with Gasteiger partial charge in [0.15, 0.2) is 0 Å². The molecule has 1 atom stereocenters. The highest BCUT2D eigenvalue weighted by Gasteiger charge is 2.20. The van der Waals surface area contributed by atoms with Crippen molar-refractivity contribution in [2.24, 2.45) is 0 Å². The molecule has 0 aliphatic carbocycles. The van der Waals surface area contributed by atoms with Crippen molar-refractivity contribution >= 4 is 16.9 Å². The Balaban J connectivity index is 1.27. The average Bonchev–Trinajstić information content (AvgIpc) is 3.47. The minimum absolute atomic E-state index is 0.216. The largest absolute Gasteiger partial charge is 0.568 e. The Kier molecular flexibility index (Phi) is 7.86. The van der Waals surface area contributed by atoms with Crippen LogP contribution in [-0.4, -0.2) is 44.5 Å². The van der Waals surface area contributed by atoms with Gasteiger partial charge in [-0.1, -0.05) is 18.2 Å². The van der Waals surface area contributed by atoms with E-state index >= 15 is 0 Å². The fourth-order valence-corrected chi connectivity index (χ4v) is 6.01. The highest BCUT2D eigenvalue weighted by molar-refractivity contribution is 7.23. The van der Waals surface area contributed by atoms with Gasteiger partial charge in [-0.2, -0.15) is 0 Å². The van der Waals surface area contributed by atoms with Crippen LogP contribution in [0.5, 0.6) is 17.4 Å². The highest BCUT2D eigenvalue weighted by atomic mass is 32.2. The molecule has 0 radical (unpaired) electrons. The van der Waals surface area contributed by atoms with Crippen LogP contribution in [-0.2, 0) is 11.4 Å². The zero-order valence-corrected chi connectivity index (χ0v) is 23.2. The van der Waals surface area contributed by atoms with E-state index in [0.717, 1.165) is 52.1 Å². The minimum Gasteiger partial charge on any atom is -0.568 e. The Morgan fingerprint density at radius 1 is 1.00 bits per heavy atom. The number of amides is 1. The lowest BCUT2D eigenvalue weighted by molar-refractivity contribution is -0.128. The van der Waals surface area contributed by atoms with E-state index in [1.165, 1.54) is 11.6 Å². The number of carbonyl (C=O) groups excluding carboxylic acids is 1. The second kappa shape index (κ2) is 11.5. The topological polar surface area (TPSA) is 95.0 Å². The van der Waals surface area contributed by atoms with Crippen LogP contribution in [0, 0.1) is 20.8 Å². The second-order valence-corrected chi connectivity index (χ2v) is 11.0. The number of rotatable bonds is 9. The number of hydrogen-bond acceptors (Lipinski definition) is 6. The first-order valence-corrected chi connectivity index (χ1v) is 14.2. The third kappa shape index (κ3) is 5.92. The molecule has 1 fully saturated rings. The molecule has 8 heteroatoms. The molecule has 1 amide bonds. The third-order valence-corrected chi connectivity index (χ3v) is 8.26. The summed E-state index contributed by atoms with van der Waals surface area (Å²) in [6, 6.07) is 19.1. The van der Waals surface area contributed by atoms with Gasteiger partial charge in [-0.3, -0.25) is 4.79 Å². The molecular weight excluding hydrogens is 512 g/mol. The van der Waals surface area contributed by atoms with Crippen LogP contribution in [0.4, 0.5) is 0 Å². The monoisotopic (exact) mass is 544 g/mol. The van der Waals surface area contributed by atoms with E-state index in [0.29, 0.717) is 36.8 Å². The molecule has 1 aliphatic rings. The summed E-state index contributed by atoms with van der Waals surface area (Å²) in [6.07, 6.45) is 1.58. The second-order valence-electron chi connectivity index (χ2n) is 9.87. The number of aryl methyl sites for hydroxylation is 2. The molecule has 4 aromatic rings. The zero-order chi connectivity index (χ0) is 27.5. The van der Waals surface area contributed by atoms with Crippen LogP contribution in [0.1, 0.15) is 35.1 Å². The molecule has 0 saturated carbocycles. The van der Waals surface area contributed by atoms with Crippen molar-refractivity contribution in [3.63, 3.8) is 0 Å². The van der Waals surface area contributed by atoms with Gasteiger partial charge in [-0.05, 0) is 97.0 Å². The first-order chi connectivity index (χ1) is 18.8. The molecule has 2 heterocycles. The van der Waals surface area contributed by atoms with Crippen LogP contribution < -0.4 is 9.47 Å². The van der Waals surface area contributed by atoms with Gasteiger partial charge >= 0.3 is 0 Å². The van der Waals surface area contributed by atoms with Gasteiger partial charge in [0.25, 0.3) is 5.88 Å². The van der Waals surface area contributed by atoms with E-state index in [-0.39, 0.29) is 11.8 Å². The standard InChI is InChI=1S/C31H32N2O5S/c1-20-16-26(37-15-14-33-13-5-8-30(33)35)17-21(2)31(20)27-7-4-6-24(22(27)3)19-38-25-11-9-23(10-12-25)28-18-29(34)32-39(28)36/h4,6-7,9-12,16-18H,5,8,13-15,19H2,1-3H3,(H,32,34). The van der Waals surface area contributed by atoms with E-state index in [1.807, 2.05) is 29.2 Å². The molecular formula is C31H32N2O5S. The summed E-state index contributed by atoms with van der Waals surface area (Å²) in [7, 11) is -1.58. The van der Waals surface area contributed by atoms with Crippen molar-refractivity contribution in [3.05, 3.63) is 82.9 Å². The number of likely N-dealkylation sites (tertiary alicyclic amines) is 1. The summed E-state index contributed by atoms with van der Waals surface area (Å²) in [4.78, 5) is 14.2. The van der Waals surface area contributed by atoms with Crippen molar-refractivity contribution in [3.8, 4) is 38.9 Å². The number of hydrogen-bond donors (Lipinski definition) is 1. The van der Waals surface area contributed by atoms with E-state index in [2.05, 4.69) is 55.5 Å². The summed E-state index contributed by atoms with van der Waals surface area (Å²) < 4.78 is 27.7. The molecule has 0 bridgehead atoms. The Bertz CT molecular complexity index is 1470. The summed E-state index contributed by atoms with van der Waals surface area (Å²) in [5.74, 6) is 1.51. The maximum Gasteiger partial charge on any atom is 0.270 e. The fraction of sp³-hybridized carbons (Fsp3) is 0.290. The zero-order valence-electron chi connectivity index (χ0n) is 22.4. The average molecular weight is 545 g/mol. The van der Waals surface area contributed by atoms with Crippen LogP contribution in [0.2, 0.25) is 0 Å². The molecule has 7 nitrogen and oxygen atoms in total. The molecule has 1 unspecified atom stereocenters. The quantitative estimate of drug-likeness (QED) is 0.247.